The number of aromatic nitrogens is 1. The molecular weight excluding hydrogens is 457 g/mol. The molecule has 0 saturated carbocycles. The van der Waals surface area contributed by atoms with Crippen molar-refractivity contribution in [1.29, 1.82) is 0 Å². The molecule has 176 valence electrons. The highest BCUT2D eigenvalue weighted by Gasteiger charge is 2.17. The Morgan fingerprint density at radius 3 is 2.62 bits per heavy atom. The second-order valence-electron chi connectivity index (χ2n) is 7.83. The lowest BCUT2D eigenvalue weighted by Crippen LogP contribution is -2.15. The van der Waals surface area contributed by atoms with Crippen molar-refractivity contribution < 1.29 is 22.3 Å². The molecule has 0 bridgehead atoms. The van der Waals surface area contributed by atoms with E-state index in [1.54, 1.807) is 26.2 Å². The van der Waals surface area contributed by atoms with Crippen LogP contribution in [0, 0.1) is 12.7 Å². The average molecular weight is 482 g/mol. The highest BCUT2D eigenvalue weighted by molar-refractivity contribution is 7.92. The van der Waals surface area contributed by atoms with Gasteiger partial charge < -0.3 is 14.6 Å². The molecule has 4 aromatic rings. The Balaban J connectivity index is 1.50. The van der Waals surface area contributed by atoms with Gasteiger partial charge in [0.15, 0.2) is 0 Å². The maximum atomic E-state index is 13.8. The number of sulfonamides is 1. The molecule has 2 N–H and O–H groups in total. The molecule has 0 saturated heterocycles. The molecule has 0 fully saturated rings. The third kappa shape index (κ3) is 5.11. The standard InChI is InChI=1S/C25H24FN3O4S/c1-17-6-8-22(16-23(17)26)34(31,32)28-21-5-3-4-19(15-21)25(30)27-20-7-9-24-18(14-20)10-11-29(24)12-13-33-2/h3-11,14-16,28H,12-13H2,1-2H3,(H,27,30). The number of halogens is 1. The molecule has 0 aliphatic heterocycles. The van der Waals surface area contributed by atoms with Gasteiger partial charge in [0.05, 0.1) is 11.5 Å². The summed E-state index contributed by atoms with van der Waals surface area (Å²) in [6.45, 7) is 2.88. The van der Waals surface area contributed by atoms with E-state index in [2.05, 4.69) is 14.6 Å². The van der Waals surface area contributed by atoms with Crippen LogP contribution in [0.3, 0.4) is 0 Å². The predicted molar refractivity (Wildman–Crippen MR) is 130 cm³/mol. The van der Waals surface area contributed by atoms with Crippen LogP contribution in [-0.4, -0.2) is 32.6 Å². The first-order valence-corrected chi connectivity index (χ1v) is 12.0. The summed E-state index contributed by atoms with van der Waals surface area (Å²) in [5, 5.41) is 3.81. The third-order valence-corrected chi connectivity index (χ3v) is 6.77. The molecule has 0 unspecified atom stereocenters. The number of aryl methyl sites for hydroxylation is 1. The summed E-state index contributed by atoms with van der Waals surface area (Å²) in [6, 6.07) is 17.4. The van der Waals surface area contributed by atoms with Crippen LogP contribution in [0.15, 0.2) is 77.8 Å². The minimum absolute atomic E-state index is 0.194. The Bertz CT molecular complexity index is 1460. The van der Waals surface area contributed by atoms with Crippen LogP contribution in [0.2, 0.25) is 0 Å². The number of hydrogen-bond donors (Lipinski definition) is 2. The molecule has 9 heteroatoms. The highest BCUT2D eigenvalue weighted by Crippen LogP contribution is 2.23. The number of benzene rings is 3. The number of carbonyl (C=O) groups is 1. The largest absolute Gasteiger partial charge is 0.383 e. The van der Waals surface area contributed by atoms with Crippen LogP contribution in [0.25, 0.3) is 10.9 Å². The van der Waals surface area contributed by atoms with Crippen LogP contribution >= 0.6 is 0 Å². The quantitative estimate of drug-likeness (QED) is 0.379. The molecule has 4 rings (SSSR count). The van der Waals surface area contributed by atoms with E-state index in [0.29, 0.717) is 17.9 Å². The van der Waals surface area contributed by atoms with Crippen molar-refractivity contribution in [2.45, 2.75) is 18.4 Å². The van der Waals surface area contributed by atoms with Crippen molar-refractivity contribution in [3.05, 3.63) is 89.9 Å². The fourth-order valence-corrected chi connectivity index (χ4v) is 4.61. The zero-order valence-electron chi connectivity index (χ0n) is 18.7. The first kappa shape index (κ1) is 23.5. The number of nitrogens with one attached hydrogen (secondary N) is 2. The number of hydrogen-bond acceptors (Lipinski definition) is 4. The van der Waals surface area contributed by atoms with Gasteiger partial charge in [-0.1, -0.05) is 12.1 Å². The third-order valence-electron chi connectivity index (χ3n) is 5.40. The van der Waals surface area contributed by atoms with Crippen molar-refractivity contribution in [2.75, 3.05) is 23.8 Å². The van der Waals surface area contributed by atoms with E-state index in [4.69, 9.17) is 4.74 Å². The van der Waals surface area contributed by atoms with Crippen molar-refractivity contribution in [1.82, 2.24) is 4.57 Å². The van der Waals surface area contributed by atoms with E-state index >= 15 is 0 Å². The van der Waals surface area contributed by atoms with Crippen LogP contribution in [-0.2, 0) is 21.3 Å². The van der Waals surface area contributed by atoms with Crippen LogP contribution in [0.1, 0.15) is 15.9 Å². The Kier molecular flexibility index (Phi) is 6.67. The number of methoxy groups -OCH3 is 1. The van der Waals surface area contributed by atoms with Gasteiger partial charge in [-0.15, -0.1) is 0 Å². The monoisotopic (exact) mass is 481 g/mol. The number of amides is 1. The summed E-state index contributed by atoms with van der Waals surface area (Å²) in [4.78, 5) is 12.6. The van der Waals surface area contributed by atoms with E-state index in [0.717, 1.165) is 23.5 Å². The molecule has 3 aromatic carbocycles. The van der Waals surface area contributed by atoms with E-state index in [9.17, 15) is 17.6 Å². The minimum atomic E-state index is -4.02. The van der Waals surface area contributed by atoms with Gasteiger partial charge in [0.25, 0.3) is 15.9 Å². The van der Waals surface area contributed by atoms with E-state index < -0.39 is 15.8 Å². The summed E-state index contributed by atoms with van der Waals surface area (Å²) < 4.78 is 48.7. The zero-order chi connectivity index (χ0) is 24.3. The Morgan fingerprint density at radius 2 is 1.85 bits per heavy atom. The fraction of sp³-hybridized carbons (Fsp3) is 0.160. The molecule has 0 aliphatic carbocycles. The maximum absolute atomic E-state index is 13.8. The first-order valence-electron chi connectivity index (χ1n) is 10.5. The minimum Gasteiger partial charge on any atom is -0.383 e. The van der Waals surface area contributed by atoms with Gasteiger partial charge in [-0.2, -0.15) is 0 Å². The lowest BCUT2D eigenvalue weighted by Gasteiger charge is -2.11. The maximum Gasteiger partial charge on any atom is 0.261 e. The Hall–Kier alpha value is -3.69. The van der Waals surface area contributed by atoms with Crippen molar-refractivity contribution >= 4 is 38.2 Å². The Labute approximate surface area is 197 Å². The van der Waals surface area contributed by atoms with Gasteiger partial charge in [-0.3, -0.25) is 9.52 Å². The fourth-order valence-electron chi connectivity index (χ4n) is 3.54. The average Bonchev–Trinajstić information content (AvgIpc) is 3.21. The molecular formula is C25H24FN3O4S. The lowest BCUT2D eigenvalue weighted by molar-refractivity contribution is 0.102. The van der Waals surface area contributed by atoms with Gasteiger partial charge in [0, 0.05) is 47.7 Å². The zero-order valence-corrected chi connectivity index (χ0v) is 19.5. The predicted octanol–water partition coefficient (Wildman–Crippen LogP) is 4.79. The molecule has 1 amide bonds. The van der Waals surface area contributed by atoms with Gasteiger partial charge in [-0.05, 0) is 67.1 Å². The first-order chi connectivity index (χ1) is 16.3. The van der Waals surface area contributed by atoms with Crippen molar-refractivity contribution in [3.8, 4) is 0 Å². The van der Waals surface area contributed by atoms with Gasteiger partial charge in [0.2, 0.25) is 0 Å². The van der Waals surface area contributed by atoms with Gasteiger partial charge in [-0.25, -0.2) is 12.8 Å². The van der Waals surface area contributed by atoms with Gasteiger partial charge >= 0.3 is 0 Å². The van der Waals surface area contributed by atoms with E-state index in [1.807, 2.05) is 30.5 Å². The molecule has 34 heavy (non-hydrogen) atoms. The molecule has 7 nitrogen and oxygen atoms in total. The van der Waals surface area contributed by atoms with Crippen molar-refractivity contribution in [3.63, 3.8) is 0 Å². The SMILES string of the molecule is COCCn1ccc2cc(NC(=O)c3cccc(NS(=O)(=O)c4ccc(C)c(F)c4)c3)ccc21. The summed E-state index contributed by atoms with van der Waals surface area (Å²) in [7, 11) is -2.36. The number of rotatable bonds is 8. The van der Waals surface area contributed by atoms with Crippen LogP contribution in [0.4, 0.5) is 15.8 Å². The number of ether oxygens (including phenoxy) is 1. The highest BCUT2D eigenvalue weighted by atomic mass is 32.2. The Morgan fingerprint density at radius 1 is 1.03 bits per heavy atom. The number of carbonyl (C=O) groups excluding carboxylic acids is 1. The number of anilines is 2. The topological polar surface area (TPSA) is 89.4 Å². The van der Waals surface area contributed by atoms with Crippen LogP contribution in [0.5, 0.6) is 0 Å². The second kappa shape index (κ2) is 9.66. The van der Waals surface area contributed by atoms with E-state index in [1.165, 1.54) is 24.3 Å². The molecule has 1 aromatic heterocycles. The molecule has 1 heterocycles. The molecule has 0 aliphatic rings. The molecule has 0 radical (unpaired) electrons. The molecule has 0 atom stereocenters. The van der Waals surface area contributed by atoms with Crippen LogP contribution < -0.4 is 10.0 Å². The summed E-state index contributed by atoms with van der Waals surface area (Å²) >= 11 is 0. The summed E-state index contributed by atoms with van der Waals surface area (Å²) in [6.07, 6.45) is 1.96. The normalized spacial score (nSPS) is 11.5. The summed E-state index contributed by atoms with van der Waals surface area (Å²) in [5.74, 6) is -0.998. The lowest BCUT2D eigenvalue weighted by atomic mass is 10.1. The smallest absolute Gasteiger partial charge is 0.261 e. The van der Waals surface area contributed by atoms with E-state index in [-0.39, 0.29) is 22.1 Å². The van der Waals surface area contributed by atoms with Crippen molar-refractivity contribution in [2.24, 2.45) is 0 Å². The molecule has 0 spiro atoms. The second-order valence-corrected chi connectivity index (χ2v) is 9.51. The van der Waals surface area contributed by atoms with Gasteiger partial charge in [0.1, 0.15) is 5.82 Å². The summed E-state index contributed by atoms with van der Waals surface area (Å²) in [5.41, 5.74) is 2.46. The number of fused-ring (bicyclic) bond motifs is 1. The number of nitrogens with zero attached hydrogens (tertiary/aromatic N) is 1.